The van der Waals surface area contributed by atoms with Crippen molar-refractivity contribution in [1.29, 1.82) is 0 Å². The van der Waals surface area contributed by atoms with E-state index in [1.54, 1.807) is 0 Å². The molecule has 1 amide bonds. The molecule has 1 fully saturated rings. The van der Waals surface area contributed by atoms with Gasteiger partial charge in [-0.2, -0.15) is 11.8 Å². The number of H-pyrrole nitrogens is 1. The zero-order valence-electron chi connectivity index (χ0n) is 13.4. The highest BCUT2D eigenvalue weighted by molar-refractivity contribution is 7.99. The molecular formula is C17H23N3O2S. The fourth-order valence-electron chi connectivity index (χ4n) is 2.85. The van der Waals surface area contributed by atoms with Crippen molar-refractivity contribution in [2.45, 2.75) is 50.0 Å². The third kappa shape index (κ3) is 4.82. The van der Waals surface area contributed by atoms with Gasteiger partial charge in [-0.15, -0.1) is 0 Å². The minimum Gasteiger partial charge on any atom is -0.372 e. The third-order valence-corrected chi connectivity index (χ3v) is 5.38. The smallest absolute Gasteiger partial charge is 0.258 e. The van der Waals surface area contributed by atoms with Crippen LogP contribution in [0.1, 0.15) is 43.5 Å². The summed E-state index contributed by atoms with van der Waals surface area (Å²) in [5.41, 5.74) is 6.06. The van der Waals surface area contributed by atoms with E-state index in [-0.39, 0.29) is 12.0 Å². The molecule has 0 unspecified atom stereocenters. The molecule has 3 rings (SSSR count). The lowest BCUT2D eigenvalue weighted by Crippen LogP contribution is -2.13. The Hall–Kier alpha value is -1.82. The summed E-state index contributed by atoms with van der Waals surface area (Å²) in [6.45, 7) is 2.01. The minimum absolute atomic E-state index is 0.0158. The lowest BCUT2D eigenvalue weighted by atomic mass is 10.0. The lowest BCUT2D eigenvalue weighted by Gasteiger charge is -2.20. The van der Waals surface area contributed by atoms with Crippen molar-refractivity contribution in [3.8, 4) is 0 Å². The van der Waals surface area contributed by atoms with Gasteiger partial charge in [-0.3, -0.25) is 9.59 Å². The minimum atomic E-state index is -0.0158. The number of amides is 1. The van der Waals surface area contributed by atoms with E-state index < -0.39 is 0 Å². The number of nitrogens with one attached hydrogen (secondary N) is 1. The molecule has 0 spiro atoms. The van der Waals surface area contributed by atoms with E-state index in [1.165, 1.54) is 32.1 Å². The van der Waals surface area contributed by atoms with Crippen molar-refractivity contribution < 1.29 is 4.79 Å². The van der Waals surface area contributed by atoms with Crippen molar-refractivity contribution in [2.24, 2.45) is 5.73 Å². The van der Waals surface area contributed by atoms with Crippen LogP contribution in [0.5, 0.6) is 0 Å². The molecule has 1 heterocycles. The van der Waals surface area contributed by atoms with Gasteiger partial charge in [-0.25, -0.2) is 4.98 Å². The highest BCUT2D eigenvalue weighted by atomic mass is 32.2. The van der Waals surface area contributed by atoms with Crippen molar-refractivity contribution in [1.82, 2.24) is 9.97 Å². The van der Waals surface area contributed by atoms with Crippen LogP contribution in [0.3, 0.4) is 0 Å². The molecule has 2 aromatic rings. The number of primary amides is 1. The molecule has 0 atom stereocenters. The Balaban J connectivity index is 0.000000595. The number of nitrogens with zero attached hydrogens (tertiary/aromatic N) is 1. The molecule has 1 aromatic carbocycles. The average molecular weight is 333 g/mol. The molecule has 1 aromatic heterocycles. The topological polar surface area (TPSA) is 88.8 Å². The summed E-state index contributed by atoms with van der Waals surface area (Å²) in [4.78, 5) is 28.3. The summed E-state index contributed by atoms with van der Waals surface area (Å²) in [5.74, 6) is 1.62. The van der Waals surface area contributed by atoms with Crippen LogP contribution in [-0.2, 0) is 10.5 Å². The SMILES string of the molecule is Cc1cccc2c(=O)[nH]c(CSC3CCCCC3)nc12.NC=O. The van der Waals surface area contributed by atoms with Crippen molar-refractivity contribution >= 4 is 29.1 Å². The molecule has 0 aliphatic heterocycles. The second kappa shape index (κ2) is 8.72. The maximum Gasteiger partial charge on any atom is 0.258 e. The Bertz CT molecular complexity index is 709. The zero-order chi connectivity index (χ0) is 16.7. The molecule has 23 heavy (non-hydrogen) atoms. The molecule has 0 bridgehead atoms. The van der Waals surface area contributed by atoms with Crippen LogP contribution in [0, 0.1) is 6.92 Å². The number of para-hydroxylation sites is 1. The quantitative estimate of drug-likeness (QED) is 0.845. The molecular weight excluding hydrogens is 310 g/mol. The van der Waals surface area contributed by atoms with Gasteiger partial charge in [0.1, 0.15) is 5.82 Å². The predicted octanol–water partition coefficient (Wildman–Crippen LogP) is 2.90. The number of aromatic nitrogens is 2. The van der Waals surface area contributed by atoms with Crippen LogP contribution in [-0.4, -0.2) is 21.6 Å². The van der Waals surface area contributed by atoms with Gasteiger partial charge >= 0.3 is 0 Å². The highest BCUT2D eigenvalue weighted by Crippen LogP contribution is 2.29. The second-order valence-electron chi connectivity index (χ2n) is 5.69. The van der Waals surface area contributed by atoms with Crippen molar-refractivity contribution in [3.05, 3.63) is 39.9 Å². The summed E-state index contributed by atoms with van der Waals surface area (Å²) >= 11 is 1.94. The van der Waals surface area contributed by atoms with Crippen LogP contribution in [0.25, 0.3) is 10.9 Å². The number of nitrogens with two attached hydrogens (primary N) is 1. The molecule has 1 aliphatic rings. The number of aromatic amines is 1. The summed E-state index contributed by atoms with van der Waals surface area (Å²) in [7, 11) is 0. The van der Waals surface area contributed by atoms with Crippen LogP contribution in [0.4, 0.5) is 0 Å². The van der Waals surface area contributed by atoms with E-state index in [2.05, 4.69) is 15.7 Å². The second-order valence-corrected chi connectivity index (χ2v) is 6.98. The Morgan fingerprint density at radius 3 is 2.74 bits per heavy atom. The summed E-state index contributed by atoms with van der Waals surface area (Å²) < 4.78 is 0. The first-order chi connectivity index (χ1) is 11.2. The van der Waals surface area contributed by atoms with E-state index in [9.17, 15) is 4.79 Å². The molecule has 0 saturated heterocycles. The monoisotopic (exact) mass is 333 g/mol. The van der Waals surface area contributed by atoms with Crippen LogP contribution in [0.15, 0.2) is 23.0 Å². The first kappa shape index (κ1) is 17.5. The number of rotatable bonds is 3. The Labute approximate surface area is 140 Å². The average Bonchev–Trinajstić information content (AvgIpc) is 2.56. The number of hydrogen-bond donors (Lipinski definition) is 2. The number of hydrogen-bond acceptors (Lipinski definition) is 4. The van der Waals surface area contributed by atoms with Crippen molar-refractivity contribution in [3.63, 3.8) is 0 Å². The Morgan fingerprint density at radius 2 is 2.04 bits per heavy atom. The normalized spacial score (nSPS) is 15.0. The van der Waals surface area contributed by atoms with E-state index in [4.69, 9.17) is 4.79 Å². The van der Waals surface area contributed by atoms with E-state index >= 15 is 0 Å². The van der Waals surface area contributed by atoms with Gasteiger partial charge in [-0.05, 0) is 31.4 Å². The number of carbonyl (C=O) groups is 1. The molecule has 0 radical (unpaired) electrons. The van der Waals surface area contributed by atoms with Gasteiger partial charge in [0.2, 0.25) is 6.41 Å². The van der Waals surface area contributed by atoms with E-state index in [1.807, 2.05) is 36.9 Å². The first-order valence-corrected chi connectivity index (χ1v) is 8.96. The summed E-state index contributed by atoms with van der Waals surface area (Å²) in [6.07, 6.45) is 6.93. The molecule has 1 aliphatic carbocycles. The third-order valence-electron chi connectivity index (χ3n) is 3.99. The van der Waals surface area contributed by atoms with Gasteiger partial charge < -0.3 is 10.7 Å². The zero-order valence-corrected chi connectivity index (χ0v) is 14.2. The largest absolute Gasteiger partial charge is 0.372 e. The molecule has 6 heteroatoms. The van der Waals surface area contributed by atoms with Gasteiger partial charge in [0, 0.05) is 5.25 Å². The predicted molar refractivity (Wildman–Crippen MR) is 95.5 cm³/mol. The first-order valence-electron chi connectivity index (χ1n) is 7.91. The standard InChI is InChI=1S/C16H20N2OS.CH3NO/c1-11-6-5-9-13-15(11)17-14(18-16(13)19)10-20-12-7-3-2-4-8-12;2-1-3/h5-6,9,12H,2-4,7-8,10H2,1H3,(H,17,18,19);1H,(H2,2,3). The number of thioether (sulfide) groups is 1. The maximum absolute atomic E-state index is 12.1. The van der Waals surface area contributed by atoms with Gasteiger partial charge in [-0.1, -0.05) is 31.4 Å². The number of benzene rings is 1. The highest BCUT2D eigenvalue weighted by Gasteiger charge is 2.14. The van der Waals surface area contributed by atoms with Gasteiger partial charge in [0.05, 0.1) is 16.7 Å². The van der Waals surface area contributed by atoms with Crippen LogP contribution < -0.4 is 11.3 Å². The van der Waals surface area contributed by atoms with Crippen LogP contribution >= 0.6 is 11.8 Å². The maximum atomic E-state index is 12.1. The fraction of sp³-hybridized carbons (Fsp3) is 0.471. The van der Waals surface area contributed by atoms with E-state index in [0.717, 1.165) is 27.9 Å². The van der Waals surface area contributed by atoms with Crippen molar-refractivity contribution in [2.75, 3.05) is 0 Å². The molecule has 5 nitrogen and oxygen atoms in total. The summed E-state index contributed by atoms with van der Waals surface area (Å²) in [5, 5.41) is 1.43. The van der Waals surface area contributed by atoms with Gasteiger partial charge in [0.25, 0.3) is 5.56 Å². The van der Waals surface area contributed by atoms with Gasteiger partial charge in [0.15, 0.2) is 0 Å². The molecule has 3 N–H and O–H groups in total. The molecule has 124 valence electrons. The lowest BCUT2D eigenvalue weighted by molar-refractivity contribution is -0.106. The summed E-state index contributed by atoms with van der Waals surface area (Å²) in [6, 6.07) is 5.75. The number of carbonyl (C=O) groups excluding carboxylic acids is 1. The number of fused-ring (bicyclic) bond motifs is 1. The van der Waals surface area contributed by atoms with Crippen LogP contribution in [0.2, 0.25) is 0 Å². The Kier molecular flexibility index (Phi) is 6.65. The molecule has 1 saturated carbocycles. The fourth-order valence-corrected chi connectivity index (χ4v) is 4.05. The van der Waals surface area contributed by atoms with E-state index in [0.29, 0.717) is 5.39 Å². The Morgan fingerprint density at radius 1 is 1.35 bits per heavy atom. The number of aryl methyl sites for hydroxylation is 1.